The Morgan fingerprint density at radius 1 is 1.24 bits per heavy atom. The first kappa shape index (κ1) is 17.3. The number of nitrogens with one attached hydrogen (secondary N) is 2. The minimum Gasteiger partial charge on any atom is -0.497 e. The van der Waals surface area contributed by atoms with E-state index in [9.17, 15) is 13.2 Å². The zero-order valence-corrected chi connectivity index (χ0v) is 13.1. The number of sulfonamides is 1. The molecule has 1 aromatic carbocycles. The molecule has 0 aliphatic carbocycles. The molecule has 118 valence electrons. The van der Waals surface area contributed by atoms with Crippen LogP contribution < -0.4 is 19.5 Å². The molecule has 0 unspecified atom stereocenters. The molecule has 1 rings (SSSR count). The Hall–Kier alpha value is -1.80. The monoisotopic (exact) mass is 316 g/mol. The molecule has 1 aromatic rings. The maximum Gasteiger partial charge on any atom is 0.239 e. The van der Waals surface area contributed by atoms with Crippen LogP contribution in [0.15, 0.2) is 18.2 Å². The summed E-state index contributed by atoms with van der Waals surface area (Å²) in [6.45, 7) is 1.42. The van der Waals surface area contributed by atoms with Crippen LogP contribution in [-0.2, 0) is 14.8 Å². The van der Waals surface area contributed by atoms with Gasteiger partial charge < -0.3 is 14.8 Å². The maximum atomic E-state index is 11.8. The normalized spacial score (nSPS) is 11.0. The van der Waals surface area contributed by atoms with E-state index >= 15 is 0 Å². The van der Waals surface area contributed by atoms with E-state index in [2.05, 4.69) is 10.0 Å². The second-order valence-corrected chi connectivity index (χ2v) is 6.18. The summed E-state index contributed by atoms with van der Waals surface area (Å²) in [5.41, 5.74) is 0.413. The summed E-state index contributed by atoms with van der Waals surface area (Å²) in [7, 11) is -0.434. The Morgan fingerprint density at radius 3 is 2.52 bits per heavy atom. The molecule has 0 fully saturated rings. The number of benzene rings is 1. The third-order valence-corrected chi connectivity index (χ3v) is 4.14. The highest BCUT2D eigenvalue weighted by molar-refractivity contribution is 7.89. The molecule has 2 N–H and O–H groups in total. The second-order valence-electron chi connectivity index (χ2n) is 4.25. The number of methoxy groups -OCH3 is 2. The van der Waals surface area contributed by atoms with E-state index < -0.39 is 15.9 Å². The van der Waals surface area contributed by atoms with Crippen molar-refractivity contribution in [1.82, 2.24) is 4.72 Å². The van der Waals surface area contributed by atoms with Crippen LogP contribution in [0.5, 0.6) is 11.5 Å². The number of anilines is 1. The SMILES string of the molecule is CCCS(=O)(=O)NCC(=O)Nc1cc(OC)ccc1OC. The third-order valence-electron chi connectivity index (χ3n) is 2.61. The molecule has 1 amide bonds. The topological polar surface area (TPSA) is 93.7 Å². The number of hydrogen-bond acceptors (Lipinski definition) is 5. The van der Waals surface area contributed by atoms with E-state index in [0.717, 1.165) is 0 Å². The summed E-state index contributed by atoms with van der Waals surface area (Å²) in [6, 6.07) is 4.94. The third kappa shape index (κ3) is 5.60. The molecular formula is C13H20N2O5S. The van der Waals surface area contributed by atoms with Crippen molar-refractivity contribution >= 4 is 21.6 Å². The average molecular weight is 316 g/mol. The van der Waals surface area contributed by atoms with E-state index in [0.29, 0.717) is 23.6 Å². The van der Waals surface area contributed by atoms with Gasteiger partial charge in [-0.05, 0) is 18.6 Å². The van der Waals surface area contributed by atoms with Gasteiger partial charge in [-0.1, -0.05) is 6.92 Å². The van der Waals surface area contributed by atoms with Crippen LogP contribution in [0.2, 0.25) is 0 Å². The molecule has 21 heavy (non-hydrogen) atoms. The predicted molar refractivity (Wildman–Crippen MR) is 80.3 cm³/mol. The molecule has 0 aliphatic heterocycles. The zero-order valence-electron chi connectivity index (χ0n) is 12.3. The molecule has 7 nitrogen and oxygen atoms in total. The lowest BCUT2D eigenvalue weighted by Gasteiger charge is -2.12. The van der Waals surface area contributed by atoms with Gasteiger partial charge in [-0.3, -0.25) is 4.79 Å². The molecule has 0 saturated carbocycles. The number of hydrogen-bond donors (Lipinski definition) is 2. The fourth-order valence-electron chi connectivity index (χ4n) is 1.62. The number of rotatable bonds is 8. The van der Waals surface area contributed by atoms with Crippen molar-refractivity contribution in [2.75, 3.05) is 31.8 Å². The highest BCUT2D eigenvalue weighted by Gasteiger charge is 2.13. The van der Waals surface area contributed by atoms with Gasteiger partial charge in [0.1, 0.15) is 11.5 Å². The summed E-state index contributed by atoms with van der Waals surface area (Å²) in [5, 5.41) is 2.58. The van der Waals surface area contributed by atoms with Crippen LogP contribution in [0.1, 0.15) is 13.3 Å². The predicted octanol–water partition coefficient (Wildman–Crippen LogP) is 0.972. The molecule has 0 heterocycles. The fourth-order valence-corrected chi connectivity index (χ4v) is 2.66. The Morgan fingerprint density at radius 2 is 1.95 bits per heavy atom. The minimum atomic E-state index is -3.41. The van der Waals surface area contributed by atoms with Crippen LogP contribution in [0.4, 0.5) is 5.69 Å². The Kier molecular flexibility index (Phi) is 6.44. The fraction of sp³-hybridized carbons (Fsp3) is 0.462. The summed E-state index contributed by atoms with van der Waals surface area (Å²) < 4.78 is 35.4. The zero-order chi connectivity index (χ0) is 15.9. The van der Waals surface area contributed by atoms with Crippen molar-refractivity contribution in [1.29, 1.82) is 0 Å². The standard InChI is InChI=1S/C13H20N2O5S/c1-4-7-21(17,18)14-9-13(16)15-11-8-10(19-2)5-6-12(11)20-3/h5-6,8,14H,4,7,9H2,1-3H3,(H,15,16). The van der Waals surface area contributed by atoms with Gasteiger partial charge >= 0.3 is 0 Å². The van der Waals surface area contributed by atoms with Crippen LogP contribution in [0.25, 0.3) is 0 Å². The summed E-state index contributed by atoms with van der Waals surface area (Å²) >= 11 is 0. The highest BCUT2D eigenvalue weighted by atomic mass is 32.2. The second kappa shape index (κ2) is 7.84. The quantitative estimate of drug-likeness (QED) is 0.745. The molecule has 0 spiro atoms. The molecule has 0 saturated heterocycles. The van der Waals surface area contributed by atoms with Crippen molar-refractivity contribution in [3.63, 3.8) is 0 Å². The Bertz CT molecular complexity index is 586. The van der Waals surface area contributed by atoms with Crippen LogP contribution >= 0.6 is 0 Å². The van der Waals surface area contributed by atoms with E-state index in [1.54, 1.807) is 25.1 Å². The molecule has 0 bridgehead atoms. The van der Waals surface area contributed by atoms with E-state index in [1.807, 2.05) is 0 Å². The molecule has 0 aliphatic rings. The van der Waals surface area contributed by atoms with Crippen molar-refractivity contribution in [2.24, 2.45) is 0 Å². The van der Waals surface area contributed by atoms with Gasteiger partial charge in [-0.15, -0.1) is 0 Å². The first-order chi connectivity index (χ1) is 9.91. The van der Waals surface area contributed by atoms with Crippen molar-refractivity contribution in [2.45, 2.75) is 13.3 Å². The van der Waals surface area contributed by atoms with Gasteiger partial charge in [-0.2, -0.15) is 0 Å². The lowest BCUT2D eigenvalue weighted by Crippen LogP contribution is -2.34. The number of amides is 1. The van der Waals surface area contributed by atoms with Gasteiger partial charge in [0.05, 0.1) is 32.2 Å². The lowest BCUT2D eigenvalue weighted by molar-refractivity contribution is -0.115. The number of carbonyl (C=O) groups is 1. The van der Waals surface area contributed by atoms with Crippen LogP contribution in [-0.4, -0.2) is 40.8 Å². The minimum absolute atomic E-state index is 0.0111. The number of carbonyl (C=O) groups excluding carboxylic acids is 1. The summed E-state index contributed by atoms with van der Waals surface area (Å²) in [5.74, 6) is 0.516. The van der Waals surface area contributed by atoms with E-state index in [4.69, 9.17) is 9.47 Å². The number of ether oxygens (including phenoxy) is 2. The van der Waals surface area contributed by atoms with Crippen molar-refractivity contribution < 1.29 is 22.7 Å². The smallest absolute Gasteiger partial charge is 0.239 e. The summed E-state index contributed by atoms with van der Waals surface area (Å²) in [4.78, 5) is 11.8. The Balaban J connectivity index is 2.70. The van der Waals surface area contributed by atoms with Gasteiger partial charge in [0.2, 0.25) is 15.9 Å². The molecule has 0 radical (unpaired) electrons. The van der Waals surface area contributed by atoms with Crippen molar-refractivity contribution in [3.8, 4) is 11.5 Å². The van der Waals surface area contributed by atoms with Gasteiger partial charge in [-0.25, -0.2) is 13.1 Å². The molecule has 0 aromatic heterocycles. The Labute approximate surface area is 124 Å². The first-order valence-electron chi connectivity index (χ1n) is 6.41. The maximum absolute atomic E-state index is 11.8. The van der Waals surface area contributed by atoms with Crippen LogP contribution in [0, 0.1) is 0 Å². The lowest BCUT2D eigenvalue weighted by atomic mass is 10.2. The van der Waals surface area contributed by atoms with Crippen LogP contribution in [0.3, 0.4) is 0 Å². The molecule has 0 atom stereocenters. The van der Waals surface area contributed by atoms with Gasteiger partial charge in [0.25, 0.3) is 0 Å². The summed E-state index contributed by atoms with van der Waals surface area (Å²) in [6.07, 6.45) is 0.487. The average Bonchev–Trinajstić information content (AvgIpc) is 2.45. The highest BCUT2D eigenvalue weighted by Crippen LogP contribution is 2.28. The molecule has 8 heteroatoms. The van der Waals surface area contributed by atoms with E-state index in [1.165, 1.54) is 14.2 Å². The largest absolute Gasteiger partial charge is 0.497 e. The van der Waals surface area contributed by atoms with Gasteiger partial charge in [0, 0.05) is 6.07 Å². The van der Waals surface area contributed by atoms with Crippen molar-refractivity contribution in [3.05, 3.63) is 18.2 Å². The van der Waals surface area contributed by atoms with Gasteiger partial charge in [0.15, 0.2) is 0 Å². The van der Waals surface area contributed by atoms with E-state index in [-0.39, 0.29) is 12.3 Å². The first-order valence-corrected chi connectivity index (χ1v) is 8.06. The molecular weight excluding hydrogens is 296 g/mol.